The molecular formula is C13H18BrN3. The Labute approximate surface area is 111 Å². The zero-order valence-corrected chi connectivity index (χ0v) is 11.7. The summed E-state index contributed by atoms with van der Waals surface area (Å²) in [6, 6.07) is 5.65. The lowest BCUT2D eigenvalue weighted by Gasteiger charge is -2.49. The van der Waals surface area contributed by atoms with Crippen molar-refractivity contribution in [1.29, 1.82) is 0 Å². The van der Waals surface area contributed by atoms with Crippen molar-refractivity contribution >= 4 is 21.6 Å². The Morgan fingerprint density at radius 3 is 2.53 bits per heavy atom. The van der Waals surface area contributed by atoms with Crippen molar-refractivity contribution in [2.45, 2.75) is 31.3 Å². The van der Waals surface area contributed by atoms with Crippen molar-refractivity contribution in [3.05, 3.63) is 22.9 Å². The zero-order valence-electron chi connectivity index (χ0n) is 10.1. The van der Waals surface area contributed by atoms with Gasteiger partial charge in [0.2, 0.25) is 0 Å². The summed E-state index contributed by atoms with van der Waals surface area (Å²) in [5.74, 6) is 0. The summed E-state index contributed by atoms with van der Waals surface area (Å²) in [5.41, 5.74) is 1.26. The Bertz CT molecular complexity index is 378. The number of anilines is 1. The maximum atomic E-state index is 4.33. The van der Waals surface area contributed by atoms with Gasteiger partial charge in [0.05, 0.1) is 11.9 Å². The Balaban J connectivity index is 1.79. The van der Waals surface area contributed by atoms with E-state index < -0.39 is 0 Å². The quantitative estimate of drug-likeness (QED) is 0.742. The maximum Gasteiger partial charge on any atom is 0.106 e. The lowest BCUT2D eigenvalue weighted by atomic mass is 9.92. The highest BCUT2D eigenvalue weighted by Crippen LogP contribution is 2.29. The number of halogens is 1. The molecule has 2 aliphatic heterocycles. The molecule has 0 amide bonds. The van der Waals surface area contributed by atoms with Crippen LogP contribution in [0.2, 0.25) is 0 Å². The van der Waals surface area contributed by atoms with Gasteiger partial charge >= 0.3 is 0 Å². The molecule has 2 atom stereocenters. The predicted molar refractivity (Wildman–Crippen MR) is 73.3 cm³/mol. The molecule has 2 saturated heterocycles. The van der Waals surface area contributed by atoms with E-state index in [0.717, 1.165) is 29.8 Å². The molecule has 0 aromatic carbocycles. The molecule has 2 unspecified atom stereocenters. The van der Waals surface area contributed by atoms with Crippen LogP contribution in [0.5, 0.6) is 0 Å². The summed E-state index contributed by atoms with van der Waals surface area (Å²) in [5, 5.41) is 0. The van der Waals surface area contributed by atoms with Gasteiger partial charge in [0.25, 0.3) is 0 Å². The van der Waals surface area contributed by atoms with Crippen LogP contribution in [0.4, 0.5) is 5.69 Å². The molecule has 4 heteroatoms. The Morgan fingerprint density at radius 2 is 1.94 bits per heavy atom. The molecule has 92 valence electrons. The molecule has 17 heavy (non-hydrogen) atoms. The second-order valence-corrected chi connectivity index (χ2v) is 5.96. The van der Waals surface area contributed by atoms with Gasteiger partial charge in [-0.05, 0) is 48.0 Å². The van der Waals surface area contributed by atoms with Gasteiger partial charge < -0.3 is 4.90 Å². The topological polar surface area (TPSA) is 19.4 Å². The van der Waals surface area contributed by atoms with Crippen LogP contribution >= 0.6 is 15.9 Å². The van der Waals surface area contributed by atoms with E-state index in [1.165, 1.54) is 24.9 Å². The molecular weight excluding hydrogens is 278 g/mol. The molecule has 1 aromatic heterocycles. The third-order valence-corrected chi connectivity index (χ3v) is 4.63. The number of hydrogen-bond acceptors (Lipinski definition) is 3. The fourth-order valence-corrected chi connectivity index (χ4v) is 3.32. The normalized spacial score (nSPS) is 29.4. The van der Waals surface area contributed by atoms with Gasteiger partial charge in [-0.1, -0.05) is 6.42 Å². The SMILES string of the molecule is CN1C2CCCC1CN(c1ccc(Br)nc1)C2. The zero-order chi connectivity index (χ0) is 11.8. The average molecular weight is 296 g/mol. The van der Waals surface area contributed by atoms with E-state index in [2.05, 4.69) is 43.8 Å². The van der Waals surface area contributed by atoms with Crippen molar-refractivity contribution in [3.63, 3.8) is 0 Å². The van der Waals surface area contributed by atoms with Crippen molar-refractivity contribution in [2.24, 2.45) is 0 Å². The van der Waals surface area contributed by atoms with E-state index in [0.29, 0.717) is 0 Å². The summed E-state index contributed by atoms with van der Waals surface area (Å²) in [4.78, 5) is 9.40. The first-order chi connectivity index (χ1) is 8.24. The first-order valence-electron chi connectivity index (χ1n) is 6.32. The van der Waals surface area contributed by atoms with E-state index in [4.69, 9.17) is 0 Å². The smallest absolute Gasteiger partial charge is 0.106 e. The van der Waals surface area contributed by atoms with Crippen LogP contribution in [0, 0.1) is 0 Å². The molecule has 2 fully saturated rings. The Kier molecular flexibility index (Phi) is 3.09. The number of likely N-dealkylation sites (N-methyl/N-ethyl adjacent to an activating group) is 1. The molecule has 0 N–H and O–H groups in total. The first kappa shape index (κ1) is 11.5. The molecule has 0 aliphatic carbocycles. The van der Waals surface area contributed by atoms with Crippen molar-refractivity contribution in [3.8, 4) is 0 Å². The van der Waals surface area contributed by atoms with E-state index in [9.17, 15) is 0 Å². The number of rotatable bonds is 1. The summed E-state index contributed by atoms with van der Waals surface area (Å²) in [7, 11) is 2.28. The van der Waals surface area contributed by atoms with Gasteiger partial charge in [-0.3, -0.25) is 4.90 Å². The van der Waals surface area contributed by atoms with Gasteiger partial charge in [-0.15, -0.1) is 0 Å². The van der Waals surface area contributed by atoms with Gasteiger partial charge in [0.1, 0.15) is 4.60 Å². The first-order valence-corrected chi connectivity index (χ1v) is 7.12. The standard InChI is InChI=1S/C13H18BrN3/c1-16-11-3-2-4-12(16)9-17(8-11)10-5-6-13(14)15-7-10/h5-7,11-12H,2-4,8-9H2,1H3. The van der Waals surface area contributed by atoms with Gasteiger partial charge in [0, 0.05) is 25.2 Å². The number of fused-ring (bicyclic) bond motifs is 2. The number of aromatic nitrogens is 1. The Morgan fingerprint density at radius 1 is 1.24 bits per heavy atom. The summed E-state index contributed by atoms with van der Waals surface area (Å²) >= 11 is 3.39. The molecule has 3 nitrogen and oxygen atoms in total. The molecule has 0 saturated carbocycles. The van der Waals surface area contributed by atoms with Gasteiger partial charge in [-0.25, -0.2) is 4.98 Å². The summed E-state index contributed by atoms with van der Waals surface area (Å²) in [6.45, 7) is 2.30. The number of pyridine rings is 1. The minimum absolute atomic E-state index is 0.728. The monoisotopic (exact) mass is 295 g/mol. The van der Waals surface area contributed by atoms with Crippen molar-refractivity contribution < 1.29 is 0 Å². The van der Waals surface area contributed by atoms with Crippen LogP contribution in [0.3, 0.4) is 0 Å². The molecule has 0 spiro atoms. The summed E-state index contributed by atoms with van der Waals surface area (Å²) in [6.07, 6.45) is 6.05. The van der Waals surface area contributed by atoms with Crippen LogP contribution in [-0.4, -0.2) is 42.1 Å². The van der Waals surface area contributed by atoms with E-state index in [-0.39, 0.29) is 0 Å². The second kappa shape index (κ2) is 4.58. The predicted octanol–water partition coefficient (Wildman–Crippen LogP) is 2.52. The van der Waals surface area contributed by atoms with E-state index in [1.807, 2.05) is 12.3 Å². The number of nitrogens with zero attached hydrogens (tertiary/aromatic N) is 3. The van der Waals surface area contributed by atoms with E-state index >= 15 is 0 Å². The van der Waals surface area contributed by atoms with Crippen LogP contribution in [0.1, 0.15) is 19.3 Å². The highest BCUT2D eigenvalue weighted by molar-refractivity contribution is 9.10. The fraction of sp³-hybridized carbons (Fsp3) is 0.615. The lowest BCUT2D eigenvalue weighted by molar-refractivity contribution is 0.0950. The average Bonchev–Trinajstić information content (AvgIpc) is 2.30. The number of piperazine rings is 1. The summed E-state index contributed by atoms with van der Waals surface area (Å²) < 4.78 is 0.913. The number of hydrogen-bond donors (Lipinski definition) is 0. The van der Waals surface area contributed by atoms with E-state index in [1.54, 1.807) is 0 Å². The molecule has 2 aliphatic rings. The third kappa shape index (κ3) is 2.20. The van der Waals surface area contributed by atoms with Crippen LogP contribution in [-0.2, 0) is 0 Å². The Hall–Kier alpha value is -0.610. The van der Waals surface area contributed by atoms with Crippen molar-refractivity contribution in [2.75, 3.05) is 25.0 Å². The number of piperidine rings is 1. The molecule has 1 aromatic rings. The second-order valence-electron chi connectivity index (χ2n) is 5.15. The molecule has 0 radical (unpaired) electrons. The highest BCUT2D eigenvalue weighted by Gasteiger charge is 2.34. The van der Waals surface area contributed by atoms with Gasteiger partial charge in [-0.2, -0.15) is 0 Å². The van der Waals surface area contributed by atoms with Crippen LogP contribution in [0.15, 0.2) is 22.9 Å². The highest BCUT2D eigenvalue weighted by atomic mass is 79.9. The molecule has 3 rings (SSSR count). The van der Waals surface area contributed by atoms with Crippen LogP contribution in [0.25, 0.3) is 0 Å². The molecule has 3 heterocycles. The third-order valence-electron chi connectivity index (χ3n) is 4.17. The minimum atomic E-state index is 0.728. The van der Waals surface area contributed by atoms with Crippen LogP contribution < -0.4 is 4.90 Å². The minimum Gasteiger partial charge on any atom is -0.367 e. The largest absolute Gasteiger partial charge is 0.367 e. The van der Waals surface area contributed by atoms with Crippen molar-refractivity contribution in [1.82, 2.24) is 9.88 Å². The van der Waals surface area contributed by atoms with Gasteiger partial charge in [0.15, 0.2) is 0 Å². The molecule has 2 bridgehead atoms. The fourth-order valence-electron chi connectivity index (χ4n) is 3.08. The maximum absolute atomic E-state index is 4.33. The lowest BCUT2D eigenvalue weighted by Crippen LogP contribution is -2.59.